The van der Waals surface area contributed by atoms with Gasteiger partial charge in [0.1, 0.15) is 0 Å². The van der Waals surface area contributed by atoms with E-state index >= 15 is 0 Å². The van der Waals surface area contributed by atoms with Gasteiger partial charge in [-0.25, -0.2) is 0 Å². The minimum Gasteiger partial charge on any atom is -0.310 e. The third-order valence-corrected chi connectivity index (χ3v) is 3.60. The Hall–Kier alpha value is -0.530. The molecule has 82 valence electrons. The van der Waals surface area contributed by atoms with Crippen LogP contribution in [0.25, 0.3) is 0 Å². The second-order valence-corrected chi connectivity index (χ2v) is 4.96. The zero-order valence-electron chi connectivity index (χ0n) is 9.17. The summed E-state index contributed by atoms with van der Waals surface area (Å²) in [5.74, 6) is 0.831. The first-order valence-electron chi connectivity index (χ1n) is 5.73. The summed E-state index contributed by atoms with van der Waals surface area (Å²) in [6.07, 6.45) is 4.08. The minimum absolute atomic E-state index is 0.709. The lowest BCUT2D eigenvalue weighted by Crippen LogP contribution is -2.30. The molecule has 1 aliphatic rings. The van der Waals surface area contributed by atoms with Crippen molar-refractivity contribution in [1.82, 2.24) is 5.32 Å². The van der Waals surface area contributed by atoms with Gasteiger partial charge in [-0.3, -0.25) is 0 Å². The third-order valence-electron chi connectivity index (χ3n) is 3.34. The molecule has 1 aliphatic carbocycles. The van der Waals surface area contributed by atoms with Crippen molar-refractivity contribution in [3.05, 3.63) is 34.9 Å². The van der Waals surface area contributed by atoms with Crippen LogP contribution in [0.5, 0.6) is 0 Å². The van der Waals surface area contributed by atoms with E-state index < -0.39 is 0 Å². The average Bonchev–Trinajstić information content (AvgIpc) is 2.63. The average molecular weight is 224 g/mol. The molecule has 0 amide bonds. The van der Waals surface area contributed by atoms with E-state index in [9.17, 15) is 0 Å². The van der Waals surface area contributed by atoms with Crippen molar-refractivity contribution in [3.8, 4) is 0 Å². The van der Waals surface area contributed by atoms with Gasteiger partial charge in [-0.2, -0.15) is 0 Å². The van der Waals surface area contributed by atoms with Crippen LogP contribution >= 0.6 is 11.6 Å². The first-order valence-corrected chi connectivity index (χ1v) is 6.11. The van der Waals surface area contributed by atoms with Gasteiger partial charge < -0.3 is 5.32 Å². The summed E-state index contributed by atoms with van der Waals surface area (Å²) in [5.41, 5.74) is 1.32. The molecule has 1 aromatic rings. The highest BCUT2D eigenvalue weighted by Gasteiger charge is 2.22. The van der Waals surface area contributed by atoms with E-state index in [1.54, 1.807) is 0 Å². The predicted molar refractivity (Wildman–Crippen MR) is 65.1 cm³/mol. The molecule has 1 nitrogen and oxygen atoms in total. The van der Waals surface area contributed by atoms with Crippen LogP contribution in [0.4, 0.5) is 0 Å². The van der Waals surface area contributed by atoms with Crippen molar-refractivity contribution in [2.75, 3.05) is 0 Å². The Balaban J connectivity index is 1.85. The SMILES string of the molecule is C[C@@H]1CCC[C@H]1NCc1ccc(Cl)cc1. The summed E-state index contributed by atoms with van der Waals surface area (Å²) in [4.78, 5) is 0. The van der Waals surface area contributed by atoms with E-state index in [0.717, 1.165) is 17.5 Å². The summed E-state index contributed by atoms with van der Waals surface area (Å²) in [6, 6.07) is 8.80. The highest BCUT2D eigenvalue weighted by Crippen LogP contribution is 2.25. The smallest absolute Gasteiger partial charge is 0.0406 e. The Morgan fingerprint density at radius 1 is 1.27 bits per heavy atom. The van der Waals surface area contributed by atoms with Gasteiger partial charge in [0.2, 0.25) is 0 Å². The quantitative estimate of drug-likeness (QED) is 0.826. The van der Waals surface area contributed by atoms with Gasteiger partial charge in [-0.05, 0) is 36.5 Å². The number of hydrogen-bond acceptors (Lipinski definition) is 1. The van der Waals surface area contributed by atoms with Crippen LogP contribution in [0.1, 0.15) is 31.7 Å². The largest absolute Gasteiger partial charge is 0.310 e. The predicted octanol–water partition coefficient (Wildman–Crippen LogP) is 3.62. The van der Waals surface area contributed by atoms with E-state index in [2.05, 4.69) is 24.4 Å². The molecule has 0 spiro atoms. The second-order valence-electron chi connectivity index (χ2n) is 4.52. The number of rotatable bonds is 3. The van der Waals surface area contributed by atoms with Crippen molar-refractivity contribution >= 4 is 11.6 Å². The molecule has 1 saturated carbocycles. The zero-order chi connectivity index (χ0) is 10.7. The molecule has 2 rings (SSSR count). The fourth-order valence-electron chi connectivity index (χ4n) is 2.30. The van der Waals surface area contributed by atoms with Crippen LogP contribution in [0.2, 0.25) is 5.02 Å². The molecule has 2 heteroatoms. The summed E-state index contributed by atoms with van der Waals surface area (Å²) >= 11 is 5.84. The van der Waals surface area contributed by atoms with Gasteiger partial charge in [-0.1, -0.05) is 37.1 Å². The van der Waals surface area contributed by atoms with Crippen LogP contribution in [0.15, 0.2) is 24.3 Å². The molecule has 0 unspecified atom stereocenters. The standard InChI is InChI=1S/C13H18ClN/c1-10-3-2-4-13(10)15-9-11-5-7-12(14)8-6-11/h5-8,10,13,15H,2-4,9H2,1H3/t10-,13-/m1/s1. The summed E-state index contributed by atoms with van der Waals surface area (Å²) in [6.45, 7) is 3.30. The van der Waals surface area contributed by atoms with Crippen molar-refractivity contribution in [2.45, 2.75) is 38.8 Å². The van der Waals surface area contributed by atoms with Crippen molar-refractivity contribution in [3.63, 3.8) is 0 Å². The molecule has 1 N–H and O–H groups in total. The maximum absolute atomic E-state index is 5.84. The van der Waals surface area contributed by atoms with Gasteiger partial charge in [0.15, 0.2) is 0 Å². The highest BCUT2D eigenvalue weighted by molar-refractivity contribution is 6.30. The first-order chi connectivity index (χ1) is 7.25. The Morgan fingerprint density at radius 3 is 2.60 bits per heavy atom. The zero-order valence-corrected chi connectivity index (χ0v) is 9.93. The molecule has 2 atom stereocenters. The van der Waals surface area contributed by atoms with Crippen molar-refractivity contribution < 1.29 is 0 Å². The molecule has 0 saturated heterocycles. The van der Waals surface area contributed by atoms with Crippen LogP contribution < -0.4 is 5.32 Å². The maximum atomic E-state index is 5.84. The molecule has 0 bridgehead atoms. The Morgan fingerprint density at radius 2 is 2.00 bits per heavy atom. The molecular weight excluding hydrogens is 206 g/mol. The lowest BCUT2D eigenvalue weighted by atomic mass is 10.1. The normalized spacial score (nSPS) is 25.7. The summed E-state index contributed by atoms with van der Waals surface area (Å²) < 4.78 is 0. The number of benzene rings is 1. The Kier molecular flexibility index (Phi) is 3.66. The Labute approximate surface area is 96.8 Å². The van der Waals surface area contributed by atoms with E-state index in [1.165, 1.54) is 24.8 Å². The van der Waals surface area contributed by atoms with Gasteiger partial charge in [0.25, 0.3) is 0 Å². The maximum Gasteiger partial charge on any atom is 0.0406 e. The molecule has 15 heavy (non-hydrogen) atoms. The molecule has 0 radical (unpaired) electrons. The third kappa shape index (κ3) is 2.96. The van der Waals surface area contributed by atoms with Crippen molar-refractivity contribution in [1.29, 1.82) is 0 Å². The fraction of sp³-hybridized carbons (Fsp3) is 0.538. The van der Waals surface area contributed by atoms with Crippen LogP contribution in [-0.2, 0) is 6.54 Å². The highest BCUT2D eigenvalue weighted by atomic mass is 35.5. The monoisotopic (exact) mass is 223 g/mol. The van der Waals surface area contributed by atoms with Crippen LogP contribution in [0, 0.1) is 5.92 Å². The fourth-order valence-corrected chi connectivity index (χ4v) is 2.43. The topological polar surface area (TPSA) is 12.0 Å². The number of nitrogens with one attached hydrogen (secondary N) is 1. The van der Waals surface area contributed by atoms with E-state index in [1.807, 2.05) is 12.1 Å². The molecule has 1 fully saturated rings. The van der Waals surface area contributed by atoms with E-state index in [-0.39, 0.29) is 0 Å². The first kappa shape index (κ1) is 11.0. The van der Waals surface area contributed by atoms with Gasteiger partial charge in [-0.15, -0.1) is 0 Å². The van der Waals surface area contributed by atoms with Gasteiger partial charge in [0.05, 0.1) is 0 Å². The molecular formula is C13H18ClN. The Bertz CT molecular complexity index is 307. The minimum atomic E-state index is 0.709. The lowest BCUT2D eigenvalue weighted by Gasteiger charge is -2.17. The summed E-state index contributed by atoms with van der Waals surface area (Å²) in [5, 5.41) is 4.44. The molecule has 0 heterocycles. The second kappa shape index (κ2) is 5.00. The number of halogens is 1. The van der Waals surface area contributed by atoms with E-state index in [4.69, 9.17) is 11.6 Å². The molecule has 0 aromatic heterocycles. The number of hydrogen-bond donors (Lipinski definition) is 1. The molecule has 1 aromatic carbocycles. The van der Waals surface area contributed by atoms with Gasteiger partial charge >= 0.3 is 0 Å². The van der Waals surface area contributed by atoms with Crippen LogP contribution in [0.3, 0.4) is 0 Å². The molecule has 0 aliphatic heterocycles. The lowest BCUT2D eigenvalue weighted by molar-refractivity contribution is 0.426. The van der Waals surface area contributed by atoms with E-state index in [0.29, 0.717) is 6.04 Å². The van der Waals surface area contributed by atoms with Crippen molar-refractivity contribution in [2.24, 2.45) is 5.92 Å². The summed E-state index contributed by atoms with van der Waals surface area (Å²) in [7, 11) is 0. The van der Waals surface area contributed by atoms with Crippen LogP contribution in [-0.4, -0.2) is 6.04 Å². The van der Waals surface area contributed by atoms with Gasteiger partial charge in [0, 0.05) is 17.6 Å².